The van der Waals surface area contributed by atoms with Crippen LogP contribution in [0.5, 0.6) is 5.75 Å². The van der Waals surface area contributed by atoms with E-state index in [9.17, 15) is 14.4 Å². The Balaban J connectivity index is 2.01. The molecule has 0 saturated carbocycles. The van der Waals surface area contributed by atoms with Crippen molar-refractivity contribution in [2.75, 3.05) is 29.9 Å². The molecule has 2 aromatic rings. The summed E-state index contributed by atoms with van der Waals surface area (Å²) in [5, 5.41) is 7.76. The lowest BCUT2D eigenvalue weighted by molar-refractivity contribution is -0.125. The standard InChI is InChI=1S/C22H30N4O4S/c1-4-30-18-7-5-17(6-8-18)26(15-20(28)23-12-11-16(2)3)21(29)10-9-19(27)25-22-24-13-14-31-22/h5-8,13-14,16H,4,9-12,15H2,1-3H3,(H,23,28)(H,24,25,27). The van der Waals surface area contributed by atoms with Gasteiger partial charge < -0.3 is 20.3 Å². The molecule has 0 atom stereocenters. The molecule has 8 nitrogen and oxygen atoms in total. The molecule has 2 rings (SSSR count). The van der Waals surface area contributed by atoms with Gasteiger partial charge in [-0.2, -0.15) is 0 Å². The summed E-state index contributed by atoms with van der Waals surface area (Å²) in [6, 6.07) is 6.98. The predicted octanol–water partition coefficient (Wildman–Crippen LogP) is 3.46. The number of carbonyl (C=O) groups excluding carboxylic acids is 3. The lowest BCUT2D eigenvalue weighted by Crippen LogP contribution is -2.41. The summed E-state index contributed by atoms with van der Waals surface area (Å²) in [4.78, 5) is 42.8. The minimum absolute atomic E-state index is 0.000904. The second-order valence-corrected chi connectivity index (χ2v) is 8.22. The van der Waals surface area contributed by atoms with Gasteiger partial charge in [0.05, 0.1) is 6.61 Å². The van der Waals surface area contributed by atoms with Crippen LogP contribution >= 0.6 is 11.3 Å². The maximum atomic E-state index is 12.9. The summed E-state index contributed by atoms with van der Waals surface area (Å²) in [7, 11) is 0. The summed E-state index contributed by atoms with van der Waals surface area (Å²) in [5.41, 5.74) is 0.577. The number of rotatable bonds is 12. The number of hydrogen-bond acceptors (Lipinski definition) is 6. The molecule has 0 bridgehead atoms. The van der Waals surface area contributed by atoms with Gasteiger partial charge in [0.2, 0.25) is 17.7 Å². The van der Waals surface area contributed by atoms with Gasteiger partial charge in [-0.1, -0.05) is 13.8 Å². The van der Waals surface area contributed by atoms with E-state index in [0.717, 1.165) is 6.42 Å². The van der Waals surface area contributed by atoms with Gasteiger partial charge in [0, 0.05) is 36.7 Å². The second kappa shape index (κ2) is 12.7. The van der Waals surface area contributed by atoms with Gasteiger partial charge in [0.25, 0.3) is 0 Å². The maximum absolute atomic E-state index is 12.9. The smallest absolute Gasteiger partial charge is 0.240 e. The van der Waals surface area contributed by atoms with Gasteiger partial charge in [-0.3, -0.25) is 14.4 Å². The van der Waals surface area contributed by atoms with Crippen molar-refractivity contribution >= 4 is 39.9 Å². The first kappa shape index (κ1) is 24.3. The highest BCUT2D eigenvalue weighted by atomic mass is 32.1. The van der Waals surface area contributed by atoms with Crippen LogP contribution in [0.4, 0.5) is 10.8 Å². The number of aromatic nitrogens is 1. The fourth-order valence-electron chi connectivity index (χ4n) is 2.73. The van der Waals surface area contributed by atoms with E-state index in [0.29, 0.717) is 35.6 Å². The Morgan fingerprint density at radius 3 is 2.48 bits per heavy atom. The van der Waals surface area contributed by atoms with Gasteiger partial charge in [-0.05, 0) is 43.5 Å². The number of anilines is 2. The molecule has 3 amide bonds. The van der Waals surface area contributed by atoms with Gasteiger partial charge in [0.1, 0.15) is 12.3 Å². The Labute approximate surface area is 187 Å². The van der Waals surface area contributed by atoms with Crippen LogP contribution in [0.2, 0.25) is 0 Å². The predicted molar refractivity (Wildman–Crippen MR) is 122 cm³/mol. The van der Waals surface area contributed by atoms with Gasteiger partial charge in [-0.15, -0.1) is 11.3 Å². The average molecular weight is 447 g/mol. The van der Waals surface area contributed by atoms with Crippen molar-refractivity contribution in [1.29, 1.82) is 0 Å². The maximum Gasteiger partial charge on any atom is 0.240 e. The molecule has 0 unspecified atom stereocenters. The third-order valence-electron chi connectivity index (χ3n) is 4.35. The van der Waals surface area contributed by atoms with E-state index in [1.807, 2.05) is 6.92 Å². The monoisotopic (exact) mass is 446 g/mol. The van der Waals surface area contributed by atoms with Crippen LogP contribution in [-0.4, -0.2) is 42.4 Å². The molecule has 1 heterocycles. The number of benzene rings is 1. The van der Waals surface area contributed by atoms with Crippen LogP contribution in [0.15, 0.2) is 35.8 Å². The van der Waals surface area contributed by atoms with Crippen LogP contribution in [-0.2, 0) is 14.4 Å². The number of nitrogens with one attached hydrogen (secondary N) is 2. The van der Waals surface area contributed by atoms with E-state index in [1.54, 1.807) is 35.8 Å². The molecule has 0 aliphatic rings. The number of nitrogens with zero attached hydrogens (tertiary/aromatic N) is 2. The number of amides is 3. The van der Waals surface area contributed by atoms with Crippen molar-refractivity contribution in [2.45, 2.75) is 40.0 Å². The summed E-state index contributed by atoms with van der Waals surface area (Å²) in [6.07, 6.45) is 2.43. The van der Waals surface area contributed by atoms with E-state index in [-0.39, 0.29) is 37.1 Å². The highest BCUT2D eigenvalue weighted by molar-refractivity contribution is 7.13. The first-order chi connectivity index (χ1) is 14.9. The summed E-state index contributed by atoms with van der Waals surface area (Å²) in [5.74, 6) is 0.312. The third kappa shape index (κ3) is 8.75. The molecule has 0 aliphatic carbocycles. The normalized spacial score (nSPS) is 10.6. The molecule has 0 aliphatic heterocycles. The fourth-order valence-corrected chi connectivity index (χ4v) is 3.28. The van der Waals surface area contributed by atoms with Crippen molar-refractivity contribution in [2.24, 2.45) is 5.92 Å². The summed E-state index contributed by atoms with van der Waals surface area (Å²) >= 11 is 1.31. The Kier molecular flexibility index (Phi) is 9.96. The van der Waals surface area contributed by atoms with Crippen molar-refractivity contribution < 1.29 is 19.1 Å². The van der Waals surface area contributed by atoms with Crippen LogP contribution in [0.25, 0.3) is 0 Å². The Bertz CT molecular complexity index is 838. The zero-order valence-corrected chi connectivity index (χ0v) is 19.0. The molecular weight excluding hydrogens is 416 g/mol. The highest BCUT2D eigenvalue weighted by Crippen LogP contribution is 2.21. The molecule has 0 spiro atoms. The number of thiazole rings is 1. The Hall–Kier alpha value is -2.94. The number of hydrogen-bond donors (Lipinski definition) is 2. The molecule has 1 aromatic carbocycles. The summed E-state index contributed by atoms with van der Waals surface area (Å²) in [6.45, 7) is 7.03. The zero-order valence-electron chi connectivity index (χ0n) is 18.2. The molecule has 9 heteroatoms. The minimum Gasteiger partial charge on any atom is -0.494 e. The van der Waals surface area contributed by atoms with E-state index < -0.39 is 0 Å². The fraction of sp³-hybridized carbons (Fsp3) is 0.455. The third-order valence-corrected chi connectivity index (χ3v) is 5.04. The van der Waals surface area contributed by atoms with Crippen molar-refractivity contribution in [3.63, 3.8) is 0 Å². The molecule has 168 valence electrons. The molecule has 1 aromatic heterocycles. The molecule has 31 heavy (non-hydrogen) atoms. The van der Waals surface area contributed by atoms with Crippen LogP contribution in [0.1, 0.15) is 40.0 Å². The zero-order chi connectivity index (χ0) is 22.6. The molecule has 2 N–H and O–H groups in total. The molecule has 0 fully saturated rings. The van der Waals surface area contributed by atoms with Crippen molar-refractivity contribution in [3.05, 3.63) is 35.8 Å². The van der Waals surface area contributed by atoms with Crippen molar-refractivity contribution in [1.82, 2.24) is 10.3 Å². The first-order valence-corrected chi connectivity index (χ1v) is 11.3. The lowest BCUT2D eigenvalue weighted by Gasteiger charge is -2.23. The SMILES string of the molecule is CCOc1ccc(N(CC(=O)NCCC(C)C)C(=O)CCC(=O)Nc2nccs2)cc1. The van der Waals surface area contributed by atoms with Crippen LogP contribution in [0, 0.1) is 5.92 Å². The largest absolute Gasteiger partial charge is 0.494 e. The summed E-state index contributed by atoms with van der Waals surface area (Å²) < 4.78 is 5.45. The minimum atomic E-state index is -0.308. The van der Waals surface area contributed by atoms with E-state index >= 15 is 0 Å². The van der Waals surface area contributed by atoms with Gasteiger partial charge in [0.15, 0.2) is 5.13 Å². The highest BCUT2D eigenvalue weighted by Gasteiger charge is 2.20. The van der Waals surface area contributed by atoms with Crippen LogP contribution in [0.3, 0.4) is 0 Å². The number of carbonyl (C=O) groups is 3. The van der Waals surface area contributed by atoms with E-state index in [4.69, 9.17) is 4.74 Å². The average Bonchev–Trinajstić information content (AvgIpc) is 3.24. The second-order valence-electron chi connectivity index (χ2n) is 7.32. The molecule has 0 radical (unpaired) electrons. The van der Waals surface area contributed by atoms with Crippen molar-refractivity contribution in [3.8, 4) is 5.75 Å². The van der Waals surface area contributed by atoms with Crippen LogP contribution < -0.4 is 20.3 Å². The number of ether oxygens (including phenoxy) is 1. The Morgan fingerprint density at radius 1 is 1.13 bits per heavy atom. The van der Waals surface area contributed by atoms with E-state index in [1.165, 1.54) is 16.2 Å². The van der Waals surface area contributed by atoms with Gasteiger partial charge >= 0.3 is 0 Å². The molecular formula is C22H30N4O4S. The Morgan fingerprint density at radius 2 is 1.87 bits per heavy atom. The quantitative estimate of drug-likeness (QED) is 0.520. The van der Waals surface area contributed by atoms with Gasteiger partial charge in [-0.25, -0.2) is 4.98 Å². The first-order valence-electron chi connectivity index (χ1n) is 10.4. The lowest BCUT2D eigenvalue weighted by atomic mass is 10.1. The topological polar surface area (TPSA) is 101 Å². The molecule has 0 saturated heterocycles. The van der Waals surface area contributed by atoms with E-state index in [2.05, 4.69) is 29.5 Å².